The van der Waals surface area contributed by atoms with E-state index >= 15 is 0 Å². The molecule has 0 bridgehead atoms. The van der Waals surface area contributed by atoms with Gasteiger partial charge in [0.05, 0.1) is 0 Å². The van der Waals surface area contributed by atoms with Crippen LogP contribution in [0.4, 0.5) is 0 Å². The fourth-order valence-corrected chi connectivity index (χ4v) is 8.93. The van der Waals surface area contributed by atoms with Crippen LogP contribution < -0.4 is 4.50 Å². The first kappa shape index (κ1) is 20.6. The molecule has 0 amide bonds. The second-order valence-corrected chi connectivity index (χ2v) is 17.0. The third kappa shape index (κ3) is 4.93. The molecule has 138 valence electrons. The van der Waals surface area contributed by atoms with Crippen LogP contribution in [0.1, 0.15) is 52.7 Å². The molecule has 1 aromatic heterocycles. The summed E-state index contributed by atoms with van der Waals surface area (Å²) in [7, 11) is -1.43. The van der Waals surface area contributed by atoms with Gasteiger partial charge in [0, 0.05) is 16.0 Å². The molecular formula is C21H32OS2Si. The Morgan fingerprint density at radius 2 is 1.52 bits per heavy atom. The highest BCUT2D eigenvalue weighted by Gasteiger charge is 2.28. The lowest BCUT2D eigenvalue weighted by Crippen LogP contribution is -2.42. The van der Waals surface area contributed by atoms with E-state index in [1.165, 1.54) is 4.90 Å². The van der Waals surface area contributed by atoms with Gasteiger partial charge < -0.3 is 5.11 Å². The van der Waals surface area contributed by atoms with Gasteiger partial charge in [0.25, 0.3) is 0 Å². The van der Waals surface area contributed by atoms with Gasteiger partial charge in [-0.15, -0.1) is 11.8 Å². The molecule has 0 aliphatic rings. The molecule has 25 heavy (non-hydrogen) atoms. The van der Waals surface area contributed by atoms with Gasteiger partial charge >= 0.3 is 0 Å². The van der Waals surface area contributed by atoms with Gasteiger partial charge in [-0.1, -0.05) is 66.8 Å². The maximum atomic E-state index is 10.9. The summed E-state index contributed by atoms with van der Waals surface area (Å²) in [5, 5.41) is 14.2. The van der Waals surface area contributed by atoms with E-state index < -0.39 is 8.07 Å². The van der Waals surface area contributed by atoms with Gasteiger partial charge in [-0.2, -0.15) is 11.3 Å². The van der Waals surface area contributed by atoms with Crippen molar-refractivity contribution in [1.82, 2.24) is 0 Å². The van der Waals surface area contributed by atoms with E-state index in [2.05, 4.69) is 84.3 Å². The minimum Gasteiger partial charge on any atom is -0.507 e. The first-order chi connectivity index (χ1) is 11.3. The topological polar surface area (TPSA) is 20.2 Å². The fraction of sp³-hybridized carbons (Fsp3) is 0.524. The number of thiophene rings is 1. The summed E-state index contributed by atoms with van der Waals surface area (Å²) in [6.45, 7) is 17.9. The number of thioether (sulfide) groups is 1. The third-order valence-corrected chi connectivity index (χ3v) is 12.7. The van der Waals surface area contributed by atoms with E-state index in [1.54, 1.807) is 4.50 Å². The summed E-state index contributed by atoms with van der Waals surface area (Å²) in [5.41, 5.74) is 1.97. The van der Waals surface area contributed by atoms with Crippen LogP contribution in [0, 0.1) is 0 Å². The van der Waals surface area contributed by atoms with Crippen molar-refractivity contribution in [3.63, 3.8) is 0 Å². The zero-order valence-corrected chi connectivity index (χ0v) is 19.5. The summed E-state index contributed by atoms with van der Waals surface area (Å²) < 4.78 is 1.56. The van der Waals surface area contributed by atoms with Crippen molar-refractivity contribution in [2.75, 3.05) is 5.38 Å². The molecule has 1 nitrogen and oxygen atoms in total. The molecule has 0 saturated heterocycles. The zero-order valence-electron chi connectivity index (χ0n) is 16.9. The highest BCUT2D eigenvalue weighted by atomic mass is 32.2. The van der Waals surface area contributed by atoms with Crippen LogP contribution in [0.15, 0.2) is 34.5 Å². The first-order valence-electron chi connectivity index (χ1n) is 8.87. The van der Waals surface area contributed by atoms with Gasteiger partial charge in [0.15, 0.2) is 0 Å². The smallest absolute Gasteiger partial charge is 0.123 e. The predicted octanol–water partition coefficient (Wildman–Crippen LogP) is 6.30. The van der Waals surface area contributed by atoms with Crippen molar-refractivity contribution in [3.8, 4) is 5.75 Å². The Morgan fingerprint density at radius 1 is 1.00 bits per heavy atom. The lowest BCUT2D eigenvalue weighted by Gasteiger charge is -2.28. The highest BCUT2D eigenvalue weighted by molar-refractivity contribution is 8.01. The molecule has 0 radical (unpaired) electrons. The van der Waals surface area contributed by atoms with Crippen LogP contribution in [0.2, 0.25) is 13.1 Å². The zero-order chi connectivity index (χ0) is 19.0. The summed E-state index contributed by atoms with van der Waals surface area (Å²) >= 11 is 3.84. The fourth-order valence-electron chi connectivity index (χ4n) is 2.83. The second kappa shape index (κ2) is 7.13. The van der Waals surface area contributed by atoms with Gasteiger partial charge in [0.1, 0.15) is 13.8 Å². The average molecular weight is 393 g/mol. The Kier molecular flexibility index (Phi) is 5.87. The SMILES string of the molecule is CC(C)(C)c1cc(SC[Si](C)(C)c2cccs2)cc(C(C)(C)C)c1O. The standard InChI is InChI=1S/C21H32OS2Si/c1-20(2,3)16-12-15(13-17(19(16)22)21(4,5)6)24-14-25(7,8)18-10-9-11-23-18/h9-13,22H,14H2,1-8H3. The molecule has 0 aliphatic heterocycles. The molecule has 0 aliphatic carbocycles. The van der Waals surface area contributed by atoms with Crippen molar-refractivity contribution in [2.45, 2.75) is 70.4 Å². The van der Waals surface area contributed by atoms with E-state index in [0.29, 0.717) is 5.75 Å². The van der Waals surface area contributed by atoms with Crippen molar-refractivity contribution in [2.24, 2.45) is 0 Å². The highest BCUT2D eigenvalue weighted by Crippen LogP contribution is 2.42. The Bertz CT molecular complexity index is 684. The summed E-state index contributed by atoms with van der Waals surface area (Å²) in [5.74, 6) is 0.471. The summed E-state index contributed by atoms with van der Waals surface area (Å²) in [6, 6.07) is 8.85. The normalized spacial score (nSPS) is 13.3. The van der Waals surface area contributed by atoms with Crippen molar-refractivity contribution >= 4 is 35.7 Å². The molecule has 0 unspecified atom stereocenters. The van der Waals surface area contributed by atoms with Crippen molar-refractivity contribution < 1.29 is 5.11 Å². The Morgan fingerprint density at radius 3 is 1.92 bits per heavy atom. The third-order valence-electron chi connectivity index (χ3n) is 4.49. The van der Waals surface area contributed by atoms with Crippen molar-refractivity contribution in [1.29, 1.82) is 0 Å². The molecule has 1 aromatic carbocycles. The molecule has 2 aromatic rings. The van der Waals surface area contributed by atoms with Gasteiger partial charge in [-0.05, 0) is 38.2 Å². The number of hydrogen-bond acceptors (Lipinski definition) is 3. The maximum absolute atomic E-state index is 10.9. The van der Waals surface area contributed by atoms with Gasteiger partial charge in [-0.25, -0.2) is 0 Å². The molecule has 0 saturated carbocycles. The maximum Gasteiger partial charge on any atom is 0.123 e. The van der Waals surface area contributed by atoms with E-state index in [9.17, 15) is 5.11 Å². The average Bonchev–Trinajstić information content (AvgIpc) is 2.98. The Balaban J connectivity index is 2.38. The van der Waals surface area contributed by atoms with E-state index in [4.69, 9.17) is 0 Å². The second-order valence-electron chi connectivity index (χ2n) is 9.52. The molecule has 2 rings (SSSR count). The number of phenols is 1. The molecule has 0 atom stereocenters. The minimum absolute atomic E-state index is 0.0681. The van der Waals surface area contributed by atoms with E-state index in [1.807, 2.05) is 23.1 Å². The lowest BCUT2D eigenvalue weighted by molar-refractivity contribution is 0.422. The summed E-state index contributed by atoms with van der Waals surface area (Å²) in [4.78, 5) is 1.28. The Hall–Kier alpha value is -0.713. The molecular weight excluding hydrogens is 360 g/mol. The van der Waals surface area contributed by atoms with Crippen LogP contribution in [0.5, 0.6) is 5.75 Å². The van der Waals surface area contributed by atoms with Gasteiger partial charge in [-0.3, -0.25) is 0 Å². The Labute approximate surface area is 162 Å². The molecule has 0 fully saturated rings. The number of aromatic hydroxyl groups is 1. The van der Waals surface area contributed by atoms with Crippen molar-refractivity contribution in [3.05, 3.63) is 40.8 Å². The predicted molar refractivity (Wildman–Crippen MR) is 118 cm³/mol. The minimum atomic E-state index is -1.43. The number of rotatable bonds is 4. The first-order valence-corrected chi connectivity index (χ1v) is 13.9. The van der Waals surface area contributed by atoms with E-state index in [0.717, 1.165) is 16.5 Å². The quantitative estimate of drug-likeness (QED) is 0.487. The summed E-state index contributed by atoms with van der Waals surface area (Å²) in [6.07, 6.45) is 0. The van der Waals surface area contributed by atoms with Crippen LogP contribution >= 0.6 is 23.1 Å². The molecule has 4 heteroatoms. The van der Waals surface area contributed by atoms with Gasteiger partial charge in [0.2, 0.25) is 0 Å². The molecule has 0 spiro atoms. The lowest BCUT2D eigenvalue weighted by atomic mass is 9.79. The van der Waals surface area contributed by atoms with Crippen LogP contribution in [0.25, 0.3) is 0 Å². The number of benzene rings is 1. The molecule has 1 N–H and O–H groups in total. The monoisotopic (exact) mass is 392 g/mol. The molecule has 1 heterocycles. The van der Waals surface area contributed by atoms with Crippen LogP contribution in [0.3, 0.4) is 0 Å². The number of hydrogen-bond donors (Lipinski definition) is 1. The largest absolute Gasteiger partial charge is 0.507 e. The van der Waals surface area contributed by atoms with Crippen LogP contribution in [-0.2, 0) is 10.8 Å². The number of phenolic OH excluding ortho intramolecular Hbond substituents is 1. The van der Waals surface area contributed by atoms with E-state index in [-0.39, 0.29) is 10.8 Å². The van der Waals surface area contributed by atoms with Crippen LogP contribution in [-0.4, -0.2) is 18.6 Å².